The van der Waals surface area contributed by atoms with Crippen molar-refractivity contribution in [2.24, 2.45) is 34.5 Å². The number of fused-ring (bicyclic) bond motifs is 5. The van der Waals surface area contributed by atoms with Crippen LogP contribution in [0.25, 0.3) is 0 Å². The van der Waals surface area contributed by atoms with Gasteiger partial charge in [-0.05, 0) is 113 Å². The van der Waals surface area contributed by atoms with Crippen molar-refractivity contribution in [1.82, 2.24) is 0 Å². The second-order valence-corrected chi connectivity index (χ2v) is 12.3. The van der Waals surface area contributed by atoms with E-state index in [1.54, 1.807) is 5.57 Å². The van der Waals surface area contributed by atoms with E-state index in [4.69, 9.17) is 0 Å². The molecular formula is C28H50O2. The van der Waals surface area contributed by atoms with E-state index in [0.717, 1.165) is 18.8 Å². The smallest absolute Gasteiger partial charge is 0.0836 e. The molecule has 5 unspecified atom stereocenters. The third-order valence-corrected chi connectivity index (χ3v) is 9.89. The van der Waals surface area contributed by atoms with Crippen LogP contribution in [0.15, 0.2) is 11.6 Å². The highest BCUT2D eigenvalue weighted by Crippen LogP contribution is 2.68. The van der Waals surface area contributed by atoms with E-state index < -0.39 is 11.2 Å². The van der Waals surface area contributed by atoms with Gasteiger partial charge in [0.1, 0.15) is 0 Å². The minimum atomic E-state index is -0.634. The van der Waals surface area contributed by atoms with Crippen molar-refractivity contribution in [1.29, 1.82) is 0 Å². The molecule has 0 spiro atoms. The lowest BCUT2D eigenvalue weighted by Crippen LogP contribution is -2.58. The molecule has 2 nitrogen and oxygen atoms in total. The summed E-state index contributed by atoms with van der Waals surface area (Å²) >= 11 is 0. The lowest BCUT2D eigenvalue weighted by Gasteiger charge is -2.61. The maximum Gasteiger partial charge on any atom is 0.0836 e. The summed E-state index contributed by atoms with van der Waals surface area (Å²) in [4.78, 5) is 0. The van der Waals surface area contributed by atoms with Crippen molar-refractivity contribution in [2.45, 2.75) is 130 Å². The molecule has 0 saturated heterocycles. The van der Waals surface area contributed by atoms with Crippen molar-refractivity contribution in [2.75, 3.05) is 0 Å². The first kappa shape index (κ1) is 24.3. The fraction of sp³-hybridized carbons (Fsp3) is 0.929. The normalized spacial score (nSPS) is 45.4. The van der Waals surface area contributed by atoms with Crippen LogP contribution in [0.3, 0.4) is 0 Å². The molecule has 0 amide bonds. The zero-order valence-corrected chi connectivity index (χ0v) is 21.1. The van der Waals surface area contributed by atoms with Gasteiger partial charge in [0.2, 0.25) is 0 Å². The van der Waals surface area contributed by atoms with E-state index in [2.05, 4.69) is 26.8 Å². The Hall–Kier alpha value is -0.340. The summed E-state index contributed by atoms with van der Waals surface area (Å²) in [5.41, 5.74) is 1.12. The summed E-state index contributed by atoms with van der Waals surface area (Å²) < 4.78 is 0. The van der Waals surface area contributed by atoms with Crippen molar-refractivity contribution in [3.05, 3.63) is 11.6 Å². The van der Waals surface area contributed by atoms with Gasteiger partial charge >= 0.3 is 0 Å². The minimum absolute atomic E-state index is 0.339. The first-order valence-corrected chi connectivity index (χ1v) is 13.1. The van der Waals surface area contributed by atoms with Gasteiger partial charge in [-0.3, -0.25) is 0 Å². The number of rotatable bonds is 4. The molecule has 174 valence electrons. The largest absolute Gasteiger partial charge is 0.390 e. The maximum absolute atomic E-state index is 11.6. The summed E-state index contributed by atoms with van der Waals surface area (Å²) in [5, 5.41) is 21.8. The van der Waals surface area contributed by atoms with Crippen LogP contribution in [0.1, 0.15) is 119 Å². The Morgan fingerprint density at radius 1 is 1.00 bits per heavy atom. The van der Waals surface area contributed by atoms with E-state index >= 15 is 0 Å². The molecule has 4 rings (SSSR count). The highest BCUT2D eigenvalue weighted by atomic mass is 16.3. The molecule has 0 aromatic heterocycles. The second kappa shape index (κ2) is 8.54. The third-order valence-electron chi connectivity index (χ3n) is 9.89. The van der Waals surface area contributed by atoms with Crippen molar-refractivity contribution >= 4 is 0 Å². The van der Waals surface area contributed by atoms with Crippen LogP contribution in [-0.2, 0) is 0 Å². The molecular weight excluding hydrogens is 368 g/mol. The van der Waals surface area contributed by atoms with Gasteiger partial charge in [-0.15, -0.1) is 0 Å². The van der Waals surface area contributed by atoms with Crippen LogP contribution < -0.4 is 0 Å². The zero-order chi connectivity index (χ0) is 22.4. The first-order valence-electron chi connectivity index (χ1n) is 13.1. The number of hydrogen-bond donors (Lipinski definition) is 2. The Morgan fingerprint density at radius 2 is 1.70 bits per heavy atom. The average molecular weight is 419 g/mol. The Labute approximate surface area is 186 Å². The number of hydrogen-bond acceptors (Lipinski definition) is 2. The van der Waals surface area contributed by atoms with E-state index in [-0.39, 0.29) is 0 Å². The monoisotopic (exact) mass is 418 g/mol. The Kier molecular flexibility index (Phi) is 6.92. The van der Waals surface area contributed by atoms with Crippen LogP contribution in [-0.4, -0.2) is 21.4 Å². The predicted molar refractivity (Wildman–Crippen MR) is 127 cm³/mol. The number of allylic oxidation sites excluding steroid dienone is 1. The van der Waals surface area contributed by atoms with Gasteiger partial charge in [0.05, 0.1) is 11.2 Å². The predicted octanol–water partition coefficient (Wildman–Crippen LogP) is 7.28. The SMILES string of the molecule is CC.CC(C)(O)CCC[C@H]1CCC2C3C(CC[C@@]21C)C1(C)CCCCC1=CC3(C)O. The van der Waals surface area contributed by atoms with Gasteiger partial charge in [0, 0.05) is 0 Å². The molecule has 4 aliphatic rings. The van der Waals surface area contributed by atoms with Crippen molar-refractivity contribution in [3.63, 3.8) is 0 Å². The van der Waals surface area contributed by atoms with E-state index in [1.165, 1.54) is 57.8 Å². The zero-order valence-electron chi connectivity index (χ0n) is 21.1. The van der Waals surface area contributed by atoms with Gasteiger partial charge < -0.3 is 10.2 Å². The fourth-order valence-electron chi connectivity index (χ4n) is 8.40. The molecule has 3 fully saturated rings. The van der Waals surface area contributed by atoms with Gasteiger partial charge in [-0.25, -0.2) is 0 Å². The standard InChI is InChI=1S/C26H44O2.C2H6/c1-23(2,27)14-8-10-18-11-12-20-22-21(13-16-25(18,20)4)24(3)15-7-6-9-19(24)17-26(22,5)28;1-2/h17-18,20-22,27-28H,6-16H2,1-5H3;1-2H3/t18-,20?,21?,22?,24?,25+,26?;/m0./s1. The summed E-state index contributed by atoms with van der Waals surface area (Å²) in [7, 11) is 0. The molecule has 0 aliphatic heterocycles. The van der Waals surface area contributed by atoms with Gasteiger partial charge in [-0.2, -0.15) is 0 Å². The average Bonchev–Trinajstić information content (AvgIpc) is 2.99. The highest BCUT2D eigenvalue weighted by Gasteiger charge is 2.62. The van der Waals surface area contributed by atoms with Crippen LogP contribution in [0, 0.1) is 34.5 Å². The van der Waals surface area contributed by atoms with E-state index in [1.807, 2.05) is 27.7 Å². The van der Waals surface area contributed by atoms with Crippen LogP contribution >= 0.6 is 0 Å². The molecule has 0 radical (unpaired) electrons. The second-order valence-electron chi connectivity index (χ2n) is 12.3. The van der Waals surface area contributed by atoms with Crippen molar-refractivity contribution in [3.8, 4) is 0 Å². The minimum Gasteiger partial charge on any atom is -0.390 e. The molecule has 2 N–H and O–H groups in total. The summed E-state index contributed by atoms with van der Waals surface area (Å²) in [6.07, 6.45) is 16.0. The molecule has 3 saturated carbocycles. The molecule has 4 aliphatic carbocycles. The molecule has 0 heterocycles. The summed E-state index contributed by atoms with van der Waals surface area (Å²) in [6, 6.07) is 0. The topological polar surface area (TPSA) is 40.5 Å². The van der Waals surface area contributed by atoms with Gasteiger partial charge in [-0.1, -0.05) is 52.2 Å². The molecule has 30 heavy (non-hydrogen) atoms. The first-order chi connectivity index (χ1) is 14.0. The van der Waals surface area contributed by atoms with Gasteiger partial charge in [0.15, 0.2) is 0 Å². The Balaban J connectivity index is 0.00000124. The fourth-order valence-corrected chi connectivity index (χ4v) is 8.40. The maximum atomic E-state index is 11.6. The molecule has 7 atom stereocenters. The lowest BCUT2D eigenvalue weighted by molar-refractivity contribution is -0.127. The molecule has 0 aromatic carbocycles. The highest BCUT2D eigenvalue weighted by molar-refractivity contribution is 5.30. The lowest BCUT2D eigenvalue weighted by atomic mass is 9.44. The summed E-state index contributed by atoms with van der Waals surface area (Å²) in [6.45, 7) is 15.1. The molecule has 0 bridgehead atoms. The van der Waals surface area contributed by atoms with Crippen LogP contribution in [0.5, 0.6) is 0 Å². The van der Waals surface area contributed by atoms with Crippen LogP contribution in [0.2, 0.25) is 0 Å². The van der Waals surface area contributed by atoms with Gasteiger partial charge in [0.25, 0.3) is 0 Å². The quantitative estimate of drug-likeness (QED) is 0.471. The third kappa shape index (κ3) is 4.17. The Bertz CT molecular complexity index is 627. The molecule has 0 aromatic rings. The van der Waals surface area contributed by atoms with Crippen molar-refractivity contribution < 1.29 is 10.2 Å². The van der Waals surface area contributed by atoms with E-state index in [9.17, 15) is 10.2 Å². The Morgan fingerprint density at radius 3 is 2.37 bits per heavy atom. The molecule has 2 heteroatoms. The number of aliphatic hydroxyl groups is 2. The summed E-state index contributed by atoms with van der Waals surface area (Å²) in [5.74, 6) is 2.51. The van der Waals surface area contributed by atoms with E-state index in [0.29, 0.717) is 28.6 Å². The van der Waals surface area contributed by atoms with Crippen LogP contribution in [0.4, 0.5) is 0 Å².